The van der Waals surface area contributed by atoms with E-state index in [0.717, 1.165) is 31.9 Å². The van der Waals surface area contributed by atoms with Crippen LogP contribution in [0.4, 0.5) is 24.8 Å². The van der Waals surface area contributed by atoms with E-state index in [2.05, 4.69) is 20.6 Å². The van der Waals surface area contributed by atoms with Crippen molar-refractivity contribution >= 4 is 17.5 Å². The van der Waals surface area contributed by atoms with Gasteiger partial charge < -0.3 is 15.4 Å². The van der Waals surface area contributed by atoms with E-state index in [1.54, 1.807) is 24.3 Å². The lowest BCUT2D eigenvalue weighted by Gasteiger charge is -2.15. The van der Waals surface area contributed by atoms with E-state index >= 15 is 0 Å². The molecular formula is C19H21F3N4O2. The standard InChI is InChI=1S/C19H21F3N4O2/c1-28-14-8-4-7-13(9-14)25-18-24-11-15(16(26-18)19(20,21)22)17(27)23-10-12-5-2-3-6-12/h4,7-9,11-12H,2-3,5-6,10H2,1H3,(H,23,27)(H,24,25,26). The Kier molecular flexibility index (Phi) is 6.01. The Morgan fingerprint density at radius 1 is 1.29 bits per heavy atom. The molecule has 1 aliphatic carbocycles. The van der Waals surface area contributed by atoms with Crippen LogP contribution in [0, 0.1) is 5.92 Å². The first-order valence-corrected chi connectivity index (χ1v) is 9.00. The molecule has 0 atom stereocenters. The molecule has 0 aliphatic heterocycles. The second-order valence-corrected chi connectivity index (χ2v) is 6.67. The van der Waals surface area contributed by atoms with E-state index in [1.807, 2.05) is 0 Å². The van der Waals surface area contributed by atoms with Crippen molar-refractivity contribution in [1.29, 1.82) is 0 Å². The first-order valence-electron chi connectivity index (χ1n) is 9.00. The minimum atomic E-state index is -4.78. The summed E-state index contributed by atoms with van der Waals surface area (Å²) < 4.78 is 45.5. The Labute approximate surface area is 160 Å². The lowest BCUT2D eigenvalue weighted by molar-refractivity contribution is -0.141. The highest BCUT2D eigenvalue weighted by molar-refractivity contribution is 5.95. The Morgan fingerprint density at radius 3 is 2.71 bits per heavy atom. The van der Waals surface area contributed by atoms with Gasteiger partial charge in [-0.15, -0.1) is 0 Å². The van der Waals surface area contributed by atoms with Crippen molar-refractivity contribution in [3.63, 3.8) is 0 Å². The summed E-state index contributed by atoms with van der Waals surface area (Å²) in [6.45, 7) is 0.361. The van der Waals surface area contributed by atoms with Crippen molar-refractivity contribution in [2.45, 2.75) is 31.9 Å². The van der Waals surface area contributed by atoms with Gasteiger partial charge in [0, 0.05) is 24.5 Å². The van der Waals surface area contributed by atoms with Crippen LogP contribution in [0.25, 0.3) is 0 Å². The van der Waals surface area contributed by atoms with Crippen LogP contribution in [-0.4, -0.2) is 29.5 Å². The molecule has 0 spiro atoms. The molecule has 1 aliphatic rings. The second-order valence-electron chi connectivity index (χ2n) is 6.67. The minimum Gasteiger partial charge on any atom is -0.497 e. The van der Waals surface area contributed by atoms with Crippen LogP contribution in [-0.2, 0) is 6.18 Å². The Hall–Kier alpha value is -2.84. The lowest BCUT2D eigenvalue weighted by Crippen LogP contribution is -2.31. The van der Waals surface area contributed by atoms with E-state index in [0.29, 0.717) is 23.9 Å². The molecule has 2 aromatic rings. The van der Waals surface area contributed by atoms with E-state index in [-0.39, 0.29) is 5.95 Å². The number of hydrogen-bond acceptors (Lipinski definition) is 5. The molecule has 28 heavy (non-hydrogen) atoms. The zero-order valence-electron chi connectivity index (χ0n) is 15.3. The second kappa shape index (κ2) is 8.45. The van der Waals surface area contributed by atoms with Crippen molar-refractivity contribution in [2.24, 2.45) is 5.92 Å². The SMILES string of the molecule is COc1cccc(Nc2ncc(C(=O)NCC3CCCC3)c(C(F)(F)F)n2)c1. The van der Waals surface area contributed by atoms with Gasteiger partial charge >= 0.3 is 6.18 Å². The molecule has 150 valence electrons. The maximum atomic E-state index is 13.5. The summed E-state index contributed by atoms with van der Waals surface area (Å²) in [4.78, 5) is 19.7. The number of carbonyl (C=O) groups is 1. The third kappa shape index (κ3) is 4.90. The molecule has 1 aromatic heterocycles. The van der Waals surface area contributed by atoms with Gasteiger partial charge in [-0.1, -0.05) is 18.9 Å². The Morgan fingerprint density at radius 2 is 2.04 bits per heavy atom. The molecule has 9 heteroatoms. The van der Waals surface area contributed by atoms with E-state index in [1.165, 1.54) is 7.11 Å². The molecule has 1 amide bonds. The number of benzene rings is 1. The molecule has 6 nitrogen and oxygen atoms in total. The van der Waals surface area contributed by atoms with Crippen LogP contribution in [0.3, 0.4) is 0 Å². The summed E-state index contributed by atoms with van der Waals surface area (Å²) in [7, 11) is 1.48. The third-order valence-electron chi connectivity index (χ3n) is 4.65. The molecule has 0 bridgehead atoms. The normalized spacial score (nSPS) is 14.7. The van der Waals surface area contributed by atoms with Crippen molar-refractivity contribution in [1.82, 2.24) is 15.3 Å². The maximum Gasteiger partial charge on any atom is 0.434 e. The van der Waals surface area contributed by atoms with Gasteiger partial charge in [0.1, 0.15) is 5.75 Å². The fourth-order valence-electron chi connectivity index (χ4n) is 3.20. The van der Waals surface area contributed by atoms with Gasteiger partial charge in [-0.3, -0.25) is 4.79 Å². The molecule has 1 saturated carbocycles. The maximum absolute atomic E-state index is 13.5. The number of hydrogen-bond donors (Lipinski definition) is 2. The summed E-state index contributed by atoms with van der Waals surface area (Å²) in [6.07, 6.45) is 0.249. The molecule has 1 aromatic carbocycles. The number of rotatable bonds is 6. The van der Waals surface area contributed by atoms with Crippen molar-refractivity contribution in [3.8, 4) is 5.75 Å². The number of anilines is 2. The predicted molar refractivity (Wildman–Crippen MR) is 97.6 cm³/mol. The van der Waals surface area contributed by atoms with Gasteiger partial charge in [0.25, 0.3) is 5.91 Å². The minimum absolute atomic E-state index is 0.257. The summed E-state index contributed by atoms with van der Waals surface area (Å²) in [5, 5.41) is 5.28. The van der Waals surface area contributed by atoms with E-state index in [9.17, 15) is 18.0 Å². The van der Waals surface area contributed by atoms with Gasteiger partial charge in [-0.25, -0.2) is 9.97 Å². The van der Waals surface area contributed by atoms with Gasteiger partial charge in [-0.05, 0) is 30.9 Å². The fourth-order valence-corrected chi connectivity index (χ4v) is 3.20. The molecule has 3 rings (SSSR count). The zero-order chi connectivity index (χ0) is 20.1. The molecule has 1 heterocycles. The summed E-state index contributed by atoms with van der Waals surface area (Å²) in [5.74, 6) is -0.225. The average molecular weight is 394 g/mol. The van der Waals surface area contributed by atoms with Crippen LogP contribution in [0.1, 0.15) is 41.7 Å². The summed E-state index contributed by atoms with van der Waals surface area (Å²) >= 11 is 0. The number of ether oxygens (including phenoxy) is 1. The van der Waals surface area contributed by atoms with Crippen LogP contribution in [0.15, 0.2) is 30.5 Å². The lowest BCUT2D eigenvalue weighted by atomic mass is 10.1. The van der Waals surface area contributed by atoms with Crippen molar-refractivity contribution in [2.75, 3.05) is 19.0 Å². The highest BCUT2D eigenvalue weighted by atomic mass is 19.4. The first kappa shape index (κ1) is 19.9. The average Bonchev–Trinajstić information content (AvgIpc) is 3.19. The molecule has 0 radical (unpaired) electrons. The van der Waals surface area contributed by atoms with Gasteiger partial charge in [-0.2, -0.15) is 13.2 Å². The van der Waals surface area contributed by atoms with Gasteiger partial charge in [0.2, 0.25) is 5.95 Å². The molecule has 1 fully saturated rings. The topological polar surface area (TPSA) is 76.1 Å². The molecule has 0 saturated heterocycles. The first-order chi connectivity index (χ1) is 13.4. The Balaban J connectivity index is 1.79. The van der Waals surface area contributed by atoms with Crippen LogP contribution >= 0.6 is 0 Å². The number of amides is 1. The quantitative estimate of drug-likeness (QED) is 0.769. The number of aromatic nitrogens is 2. The fraction of sp³-hybridized carbons (Fsp3) is 0.421. The molecule has 2 N–H and O–H groups in total. The zero-order valence-corrected chi connectivity index (χ0v) is 15.3. The molecular weight excluding hydrogens is 373 g/mol. The summed E-state index contributed by atoms with van der Waals surface area (Å²) in [6, 6.07) is 6.61. The van der Waals surface area contributed by atoms with Crippen LogP contribution in [0.2, 0.25) is 0 Å². The third-order valence-corrected chi connectivity index (χ3v) is 4.65. The highest BCUT2D eigenvalue weighted by Crippen LogP contribution is 2.31. The van der Waals surface area contributed by atoms with Crippen LogP contribution in [0.5, 0.6) is 5.75 Å². The smallest absolute Gasteiger partial charge is 0.434 e. The van der Waals surface area contributed by atoms with Crippen molar-refractivity contribution < 1.29 is 22.7 Å². The number of nitrogens with one attached hydrogen (secondary N) is 2. The monoisotopic (exact) mass is 394 g/mol. The largest absolute Gasteiger partial charge is 0.497 e. The molecule has 0 unspecified atom stereocenters. The number of methoxy groups -OCH3 is 1. The number of halogens is 3. The number of alkyl halides is 3. The van der Waals surface area contributed by atoms with Crippen LogP contribution < -0.4 is 15.4 Å². The number of nitrogens with zero attached hydrogens (tertiary/aromatic N) is 2. The van der Waals surface area contributed by atoms with Gasteiger partial charge in [0.15, 0.2) is 5.69 Å². The van der Waals surface area contributed by atoms with E-state index < -0.39 is 23.3 Å². The number of carbonyl (C=O) groups excluding carboxylic acids is 1. The predicted octanol–water partition coefficient (Wildman–Crippen LogP) is 4.17. The van der Waals surface area contributed by atoms with Crippen molar-refractivity contribution in [3.05, 3.63) is 41.7 Å². The Bertz CT molecular complexity index is 836. The summed E-state index contributed by atoms with van der Waals surface area (Å²) in [5.41, 5.74) is -1.38. The van der Waals surface area contributed by atoms with Gasteiger partial charge in [0.05, 0.1) is 12.7 Å². The highest BCUT2D eigenvalue weighted by Gasteiger charge is 2.38. The van der Waals surface area contributed by atoms with E-state index in [4.69, 9.17) is 4.74 Å².